The van der Waals surface area contributed by atoms with Crippen molar-refractivity contribution in [2.75, 3.05) is 19.8 Å². The molecule has 2 atom stereocenters. The van der Waals surface area contributed by atoms with E-state index >= 15 is 0 Å². The molecule has 2 rings (SSSR count). The van der Waals surface area contributed by atoms with Crippen molar-refractivity contribution in [3.05, 3.63) is 23.3 Å². The Balaban J connectivity index is 1.35. The van der Waals surface area contributed by atoms with Crippen LogP contribution < -0.4 is 0 Å². The summed E-state index contributed by atoms with van der Waals surface area (Å²) in [6, 6.07) is 0. The van der Waals surface area contributed by atoms with Crippen molar-refractivity contribution in [3.8, 4) is 0 Å². The summed E-state index contributed by atoms with van der Waals surface area (Å²) in [6.45, 7) is 6.42. The zero-order chi connectivity index (χ0) is 23.7. The van der Waals surface area contributed by atoms with Crippen molar-refractivity contribution in [2.24, 2.45) is 0 Å². The van der Waals surface area contributed by atoms with Crippen molar-refractivity contribution in [3.63, 3.8) is 0 Å². The lowest BCUT2D eigenvalue weighted by Gasteiger charge is -2.04. The molecule has 0 saturated carbocycles. The highest BCUT2D eigenvalue weighted by Crippen LogP contribution is 2.17. The monoisotopic (exact) mass is 462 g/mol. The molecule has 2 saturated heterocycles. The van der Waals surface area contributed by atoms with Crippen LogP contribution in [0.5, 0.6) is 0 Å². The maximum Gasteiger partial charge on any atom is 0.305 e. The largest absolute Gasteiger partial charge is 0.463 e. The fourth-order valence-electron chi connectivity index (χ4n) is 3.93. The van der Waals surface area contributed by atoms with Gasteiger partial charge in [-0.2, -0.15) is 0 Å². The second-order valence-corrected chi connectivity index (χ2v) is 9.84. The van der Waals surface area contributed by atoms with Gasteiger partial charge in [-0.15, -0.1) is 0 Å². The second-order valence-electron chi connectivity index (χ2n) is 9.84. The third kappa shape index (κ3) is 16.7. The molecule has 0 bridgehead atoms. The van der Waals surface area contributed by atoms with Crippen molar-refractivity contribution >= 4 is 11.8 Å². The summed E-state index contributed by atoms with van der Waals surface area (Å²) in [5.74, 6) is 0.283. The second kappa shape index (κ2) is 17.0. The fourth-order valence-corrected chi connectivity index (χ4v) is 3.93. The molecule has 0 aliphatic carbocycles. The molecule has 2 unspecified atom stereocenters. The molecule has 0 spiro atoms. The summed E-state index contributed by atoms with van der Waals surface area (Å²) >= 11 is 0. The number of carbonyl (C=O) groups is 2. The molecule has 0 aromatic heterocycles. The molecule has 33 heavy (non-hydrogen) atoms. The Hall–Kier alpha value is -1.46. The zero-order valence-corrected chi connectivity index (χ0v) is 21.1. The van der Waals surface area contributed by atoms with Crippen LogP contribution in [0.25, 0.3) is 0 Å². The third-order valence-corrected chi connectivity index (χ3v) is 6.32. The van der Waals surface area contributed by atoms with Crippen LogP contribution in [0.4, 0.5) is 0 Å². The Labute approximate surface area is 201 Å². The summed E-state index contributed by atoms with van der Waals surface area (Å²) in [6.07, 6.45) is 20.6. The van der Waals surface area contributed by atoms with Gasteiger partial charge in [-0.3, -0.25) is 9.59 Å². The minimum atomic E-state index is -0.0866. The molecule has 0 N–H and O–H groups in total. The number of rotatable bonds is 21. The van der Waals surface area contributed by atoms with Gasteiger partial charge in [0.05, 0.1) is 19.3 Å². The highest BCUT2D eigenvalue weighted by Gasteiger charge is 2.25. The summed E-state index contributed by atoms with van der Waals surface area (Å²) < 4.78 is 15.3. The molecule has 0 radical (unpaired) electrons. The molecule has 0 aromatic carbocycles. The van der Waals surface area contributed by atoms with Gasteiger partial charge in [-0.25, -0.2) is 0 Å². The standard InChI is InChI=1S/C28H46O5/c1-23(13-7-3-5-9-17-25(29)19-26-20-31-26)15-11-12-16-24(2)14-8-4-6-10-18-28(30)33-22-27-21-32-27/h15-16,26-27H,3-14,17-22H2,1-2H3/b23-15+,24-16-. The van der Waals surface area contributed by atoms with Gasteiger partial charge in [-0.1, -0.05) is 49.0 Å². The van der Waals surface area contributed by atoms with Gasteiger partial charge in [0.15, 0.2) is 0 Å². The van der Waals surface area contributed by atoms with Gasteiger partial charge in [-0.05, 0) is 65.2 Å². The van der Waals surface area contributed by atoms with Gasteiger partial charge >= 0.3 is 5.97 Å². The molecular formula is C28H46O5. The predicted octanol–water partition coefficient (Wildman–Crippen LogP) is 6.64. The van der Waals surface area contributed by atoms with Gasteiger partial charge < -0.3 is 14.2 Å². The molecule has 2 aliphatic rings. The Morgan fingerprint density at radius 3 is 1.73 bits per heavy atom. The van der Waals surface area contributed by atoms with E-state index in [4.69, 9.17) is 14.2 Å². The molecular weight excluding hydrogens is 416 g/mol. The molecule has 0 aromatic rings. The Morgan fingerprint density at radius 2 is 1.21 bits per heavy atom. The first kappa shape index (κ1) is 27.8. The highest BCUT2D eigenvalue weighted by atomic mass is 16.6. The van der Waals surface area contributed by atoms with Crippen LogP contribution >= 0.6 is 0 Å². The molecule has 2 heterocycles. The van der Waals surface area contributed by atoms with E-state index in [1.165, 1.54) is 43.3 Å². The summed E-state index contributed by atoms with van der Waals surface area (Å²) in [4.78, 5) is 23.2. The van der Waals surface area contributed by atoms with E-state index < -0.39 is 0 Å². The van der Waals surface area contributed by atoms with Crippen LogP contribution in [0.3, 0.4) is 0 Å². The number of hydrogen-bond acceptors (Lipinski definition) is 5. The van der Waals surface area contributed by atoms with Crippen molar-refractivity contribution in [1.29, 1.82) is 0 Å². The number of carbonyl (C=O) groups excluding carboxylic acids is 2. The highest BCUT2D eigenvalue weighted by molar-refractivity contribution is 5.79. The van der Waals surface area contributed by atoms with E-state index in [0.29, 0.717) is 25.2 Å². The molecule has 2 aliphatic heterocycles. The number of epoxide rings is 2. The summed E-state index contributed by atoms with van der Waals surface area (Å²) in [5, 5.41) is 0. The first-order valence-corrected chi connectivity index (χ1v) is 13.2. The number of allylic oxidation sites excluding steroid dienone is 4. The normalized spacial score (nSPS) is 20.1. The number of ether oxygens (including phenoxy) is 3. The van der Waals surface area contributed by atoms with E-state index in [1.54, 1.807) is 0 Å². The lowest BCUT2D eigenvalue weighted by atomic mass is 10.0. The minimum absolute atomic E-state index is 0.0866. The first-order valence-electron chi connectivity index (χ1n) is 13.2. The number of Topliss-reactive ketones (excluding diaryl/α,β-unsaturated/α-hetero) is 1. The molecule has 188 valence electrons. The molecule has 0 amide bonds. The lowest BCUT2D eigenvalue weighted by molar-refractivity contribution is -0.144. The maximum atomic E-state index is 11.7. The zero-order valence-electron chi connectivity index (χ0n) is 21.1. The van der Waals surface area contributed by atoms with Crippen LogP contribution in [0.2, 0.25) is 0 Å². The fraction of sp³-hybridized carbons (Fsp3) is 0.786. The predicted molar refractivity (Wildman–Crippen MR) is 132 cm³/mol. The van der Waals surface area contributed by atoms with Crippen molar-refractivity contribution in [1.82, 2.24) is 0 Å². The number of esters is 1. The average molecular weight is 463 g/mol. The van der Waals surface area contributed by atoms with Crippen LogP contribution in [0.15, 0.2) is 23.3 Å². The van der Waals surface area contributed by atoms with E-state index in [-0.39, 0.29) is 18.2 Å². The van der Waals surface area contributed by atoms with E-state index in [9.17, 15) is 9.59 Å². The molecule has 5 nitrogen and oxygen atoms in total. The Bertz CT molecular complexity index is 628. The van der Waals surface area contributed by atoms with Crippen LogP contribution in [-0.4, -0.2) is 43.8 Å². The van der Waals surface area contributed by atoms with Gasteiger partial charge in [0.2, 0.25) is 0 Å². The summed E-state index contributed by atoms with van der Waals surface area (Å²) in [5.41, 5.74) is 2.97. The lowest BCUT2D eigenvalue weighted by Crippen LogP contribution is -2.09. The third-order valence-electron chi connectivity index (χ3n) is 6.32. The van der Waals surface area contributed by atoms with E-state index in [2.05, 4.69) is 26.0 Å². The Kier molecular flexibility index (Phi) is 14.4. The topological polar surface area (TPSA) is 68.4 Å². The van der Waals surface area contributed by atoms with E-state index in [0.717, 1.165) is 64.6 Å². The van der Waals surface area contributed by atoms with E-state index in [1.807, 2.05) is 0 Å². The average Bonchev–Trinajstić information content (AvgIpc) is 3.70. The van der Waals surface area contributed by atoms with Gasteiger partial charge in [0.25, 0.3) is 0 Å². The van der Waals surface area contributed by atoms with Crippen LogP contribution in [0.1, 0.15) is 110 Å². The molecule has 2 fully saturated rings. The van der Waals surface area contributed by atoms with Crippen LogP contribution in [0, 0.1) is 0 Å². The van der Waals surface area contributed by atoms with Crippen molar-refractivity contribution < 1.29 is 23.8 Å². The maximum absolute atomic E-state index is 11.7. The first-order chi connectivity index (χ1) is 16.0. The minimum Gasteiger partial charge on any atom is -0.463 e. The number of hydrogen-bond donors (Lipinski definition) is 0. The smallest absolute Gasteiger partial charge is 0.305 e. The number of unbranched alkanes of at least 4 members (excludes halogenated alkanes) is 7. The quantitative estimate of drug-likeness (QED) is 0.0827. The van der Waals surface area contributed by atoms with Crippen LogP contribution in [-0.2, 0) is 23.8 Å². The molecule has 5 heteroatoms. The van der Waals surface area contributed by atoms with Crippen molar-refractivity contribution in [2.45, 2.75) is 122 Å². The van der Waals surface area contributed by atoms with Gasteiger partial charge in [0, 0.05) is 19.3 Å². The van der Waals surface area contributed by atoms with Gasteiger partial charge in [0.1, 0.15) is 18.5 Å². The SMILES string of the molecule is C/C(=C/CC/C=C(\C)CCCCCCC(=O)CC1CO1)CCCCCCC(=O)OCC1CO1. The summed E-state index contributed by atoms with van der Waals surface area (Å²) in [7, 11) is 0. The number of ketones is 1. The Morgan fingerprint density at radius 1 is 0.727 bits per heavy atom.